The van der Waals surface area contributed by atoms with Crippen molar-refractivity contribution >= 4 is 17.5 Å². The maximum absolute atomic E-state index is 12.8. The van der Waals surface area contributed by atoms with E-state index in [0.717, 1.165) is 5.56 Å². The summed E-state index contributed by atoms with van der Waals surface area (Å²) >= 11 is 0. The molecule has 24 heavy (non-hydrogen) atoms. The van der Waals surface area contributed by atoms with E-state index in [1.54, 1.807) is 12.1 Å². The zero-order valence-corrected chi connectivity index (χ0v) is 13.8. The van der Waals surface area contributed by atoms with Crippen molar-refractivity contribution in [3.05, 3.63) is 35.4 Å². The lowest BCUT2D eigenvalue weighted by atomic mass is 9.57. The number of aryl methyl sites for hydroxylation is 1. The van der Waals surface area contributed by atoms with Crippen molar-refractivity contribution in [3.63, 3.8) is 0 Å². The van der Waals surface area contributed by atoms with Gasteiger partial charge in [0.05, 0.1) is 17.8 Å². The molecular weight excluding hydrogens is 308 g/mol. The first-order valence-electron chi connectivity index (χ1n) is 8.34. The van der Waals surface area contributed by atoms with E-state index in [2.05, 4.69) is 0 Å². The summed E-state index contributed by atoms with van der Waals surface area (Å²) in [7, 11) is 0. The molecule has 3 aliphatic rings. The van der Waals surface area contributed by atoms with Crippen LogP contribution < -0.4 is 0 Å². The lowest BCUT2D eigenvalue weighted by molar-refractivity contribution is -0.160. The first-order chi connectivity index (χ1) is 11.3. The third-order valence-corrected chi connectivity index (χ3v) is 6.03. The van der Waals surface area contributed by atoms with Crippen molar-refractivity contribution in [2.75, 3.05) is 6.61 Å². The number of hydrogen-bond donors (Lipinski definition) is 0. The van der Waals surface area contributed by atoms with Gasteiger partial charge in [0.25, 0.3) is 0 Å². The number of esters is 1. The van der Waals surface area contributed by atoms with Crippen LogP contribution in [-0.2, 0) is 19.1 Å². The van der Waals surface area contributed by atoms with Crippen molar-refractivity contribution in [3.8, 4) is 0 Å². The van der Waals surface area contributed by atoms with Gasteiger partial charge in [-0.15, -0.1) is 0 Å². The van der Waals surface area contributed by atoms with Gasteiger partial charge in [-0.1, -0.05) is 17.7 Å². The lowest BCUT2D eigenvalue weighted by Gasteiger charge is -2.48. The maximum Gasteiger partial charge on any atom is 0.339 e. The highest BCUT2D eigenvalue weighted by Gasteiger charge is 2.70. The number of ether oxygens (including phenoxy) is 2. The van der Waals surface area contributed by atoms with Crippen LogP contribution in [0.4, 0.5) is 0 Å². The van der Waals surface area contributed by atoms with Crippen LogP contribution in [0.15, 0.2) is 24.3 Å². The van der Waals surface area contributed by atoms with E-state index in [9.17, 15) is 14.4 Å². The van der Waals surface area contributed by atoms with Gasteiger partial charge in [-0.05, 0) is 26.0 Å². The number of benzene rings is 1. The van der Waals surface area contributed by atoms with Gasteiger partial charge in [0.1, 0.15) is 5.78 Å². The summed E-state index contributed by atoms with van der Waals surface area (Å²) in [5.74, 6) is -1.01. The molecule has 2 aliphatic carbocycles. The van der Waals surface area contributed by atoms with Crippen LogP contribution in [0.5, 0.6) is 0 Å². The molecule has 126 valence electrons. The van der Waals surface area contributed by atoms with Gasteiger partial charge in [0, 0.05) is 31.1 Å². The smallest absolute Gasteiger partial charge is 0.339 e. The Balaban J connectivity index is 1.68. The predicted octanol–water partition coefficient (Wildman–Crippen LogP) is 2.25. The molecule has 0 N–H and O–H groups in total. The monoisotopic (exact) mass is 328 g/mol. The second kappa shape index (κ2) is 4.99. The number of carbonyl (C=O) groups is 3. The van der Waals surface area contributed by atoms with E-state index in [-0.39, 0.29) is 42.9 Å². The summed E-state index contributed by atoms with van der Waals surface area (Å²) in [4.78, 5) is 37.4. The number of hydrogen-bond acceptors (Lipinski definition) is 5. The molecule has 0 amide bonds. The topological polar surface area (TPSA) is 69.7 Å². The molecule has 4 atom stereocenters. The Morgan fingerprint density at radius 3 is 2.58 bits per heavy atom. The number of carbonyl (C=O) groups excluding carboxylic acids is 3. The molecule has 0 unspecified atom stereocenters. The molecular formula is C19H20O5. The summed E-state index contributed by atoms with van der Waals surface area (Å²) < 4.78 is 11.7. The first kappa shape index (κ1) is 15.5. The number of ketones is 2. The van der Waals surface area contributed by atoms with E-state index in [1.165, 1.54) is 0 Å². The van der Waals surface area contributed by atoms with Gasteiger partial charge in [-0.2, -0.15) is 0 Å². The van der Waals surface area contributed by atoms with Crippen LogP contribution >= 0.6 is 0 Å². The van der Waals surface area contributed by atoms with Crippen molar-refractivity contribution in [2.45, 2.75) is 44.3 Å². The highest BCUT2D eigenvalue weighted by atomic mass is 16.6. The van der Waals surface area contributed by atoms with Crippen LogP contribution in [0.25, 0.3) is 0 Å². The molecule has 1 aliphatic heterocycles. The summed E-state index contributed by atoms with van der Waals surface area (Å²) in [6.45, 7) is 3.93. The highest BCUT2D eigenvalue weighted by Crippen LogP contribution is 2.57. The predicted molar refractivity (Wildman–Crippen MR) is 84.5 cm³/mol. The third-order valence-electron chi connectivity index (χ3n) is 6.03. The quantitative estimate of drug-likeness (QED) is 0.779. The Kier molecular flexibility index (Phi) is 3.23. The Labute approximate surface area is 140 Å². The molecule has 2 saturated carbocycles. The largest absolute Gasteiger partial charge is 0.445 e. The summed E-state index contributed by atoms with van der Waals surface area (Å²) in [5.41, 5.74) is -0.435. The molecule has 1 aromatic carbocycles. The molecule has 3 fully saturated rings. The van der Waals surface area contributed by atoms with Crippen molar-refractivity contribution < 1.29 is 23.9 Å². The zero-order valence-electron chi connectivity index (χ0n) is 13.8. The maximum atomic E-state index is 12.8. The fourth-order valence-corrected chi connectivity index (χ4v) is 4.50. The molecule has 5 nitrogen and oxygen atoms in total. The van der Waals surface area contributed by atoms with Crippen molar-refractivity contribution in [2.24, 2.45) is 11.8 Å². The van der Waals surface area contributed by atoms with Crippen LogP contribution in [0.2, 0.25) is 0 Å². The van der Waals surface area contributed by atoms with E-state index < -0.39 is 17.2 Å². The Morgan fingerprint density at radius 1 is 1.17 bits per heavy atom. The Hall–Kier alpha value is -2.01. The van der Waals surface area contributed by atoms with E-state index in [0.29, 0.717) is 12.0 Å². The SMILES string of the molecule is Cc1ccc(C(=O)O[C@]23CO[C@]4(C)[C@@H](CC(=O)C[C@@H]42)CC3=O)cc1. The molecule has 1 aromatic rings. The lowest BCUT2D eigenvalue weighted by Crippen LogP contribution is -2.62. The highest BCUT2D eigenvalue weighted by molar-refractivity contribution is 5.98. The van der Waals surface area contributed by atoms with Gasteiger partial charge in [0.2, 0.25) is 0 Å². The van der Waals surface area contributed by atoms with E-state index in [1.807, 2.05) is 26.0 Å². The minimum Gasteiger partial charge on any atom is -0.445 e. The van der Waals surface area contributed by atoms with Gasteiger partial charge in [0.15, 0.2) is 11.4 Å². The number of rotatable bonds is 2. The molecule has 1 saturated heterocycles. The molecule has 4 rings (SSSR count). The van der Waals surface area contributed by atoms with Gasteiger partial charge in [-0.25, -0.2) is 4.79 Å². The Morgan fingerprint density at radius 2 is 1.88 bits per heavy atom. The fourth-order valence-electron chi connectivity index (χ4n) is 4.50. The summed E-state index contributed by atoms with van der Waals surface area (Å²) in [5, 5.41) is 0. The zero-order chi connectivity index (χ0) is 17.1. The van der Waals surface area contributed by atoms with Gasteiger partial charge < -0.3 is 9.47 Å². The fraction of sp³-hybridized carbons (Fsp3) is 0.526. The minimum atomic E-state index is -1.32. The third kappa shape index (κ3) is 2.00. The molecule has 0 spiro atoms. The van der Waals surface area contributed by atoms with Crippen LogP contribution in [0.1, 0.15) is 42.1 Å². The normalized spacial score (nSPS) is 37.4. The van der Waals surface area contributed by atoms with E-state index in [4.69, 9.17) is 9.47 Å². The van der Waals surface area contributed by atoms with Gasteiger partial charge in [-0.3, -0.25) is 9.59 Å². The second-order valence-corrected chi connectivity index (χ2v) is 7.44. The number of Topliss-reactive ketones (excluding diaryl/α,β-unsaturated/α-hetero) is 2. The van der Waals surface area contributed by atoms with Crippen LogP contribution in [0, 0.1) is 18.8 Å². The summed E-state index contributed by atoms with van der Waals surface area (Å²) in [6, 6.07) is 7.02. The van der Waals surface area contributed by atoms with E-state index >= 15 is 0 Å². The standard InChI is InChI=1S/C19H20O5/c1-11-3-5-12(6-4-11)17(22)24-19-10-23-18(2)13(8-16(19)21)7-14(20)9-15(18)19/h3-6,13,15H,7-10H2,1-2H3/t13-,15-,18+,19+/m0/s1. The summed E-state index contributed by atoms with van der Waals surface area (Å²) in [6.07, 6.45) is 0.848. The molecule has 5 heteroatoms. The van der Waals surface area contributed by atoms with Crippen molar-refractivity contribution in [1.82, 2.24) is 0 Å². The average Bonchev–Trinajstić information content (AvgIpc) is 2.77. The Bertz CT molecular complexity index is 737. The van der Waals surface area contributed by atoms with Crippen molar-refractivity contribution in [1.29, 1.82) is 0 Å². The molecule has 4 bridgehead atoms. The molecule has 0 aromatic heterocycles. The second-order valence-electron chi connectivity index (χ2n) is 7.44. The van der Waals surface area contributed by atoms with Crippen LogP contribution in [0.3, 0.4) is 0 Å². The first-order valence-corrected chi connectivity index (χ1v) is 8.34. The average molecular weight is 328 g/mol. The molecule has 1 heterocycles. The van der Waals surface area contributed by atoms with Gasteiger partial charge >= 0.3 is 5.97 Å². The minimum absolute atomic E-state index is 0.0500. The van der Waals surface area contributed by atoms with Crippen LogP contribution in [-0.4, -0.2) is 35.3 Å². The molecule has 0 radical (unpaired) electrons.